The molecule has 0 aliphatic heterocycles. The molecule has 0 saturated carbocycles. The molecule has 0 aliphatic carbocycles. The number of halogens is 3. The molecule has 1 nitrogen and oxygen atoms in total. The Kier molecular flexibility index (Phi) is 3.78. The van der Waals surface area contributed by atoms with Crippen molar-refractivity contribution in [3.05, 3.63) is 52.6 Å². The summed E-state index contributed by atoms with van der Waals surface area (Å²) in [7, 11) is 0. The second kappa shape index (κ2) is 5.16. The summed E-state index contributed by atoms with van der Waals surface area (Å²) in [5.74, 6) is -1.72. The third-order valence-corrected chi connectivity index (χ3v) is 3.89. The zero-order valence-corrected chi connectivity index (χ0v) is 11.1. The number of rotatable bonds is 2. The first-order valence-corrected chi connectivity index (χ1v) is 6.35. The summed E-state index contributed by atoms with van der Waals surface area (Å²) in [4.78, 5) is 1.47. The van der Waals surface area contributed by atoms with Crippen LogP contribution in [0.3, 0.4) is 0 Å². The molecule has 0 saturated heterocycles. The second-order valence-corrected chi connectivity index (χ2v) is 5.34. The smallest absolute Gasteiger partial charge is 0.159 e. The molecule has 0 amide bonds. The first kappa shape index (κ1) is 13.2. The van der Waals surface area contributed by atoms with Gasteiger partial charge < -0.3 is 5.73 Å². The predicted molar refractivity (Wildman–Crippen MR) is 71.1 cm³/mol. The number of benzene rings is 2. The van der Waals surface area contributed by atoms with Crippen LogP contribution in [0, 0.1) is 18.6 Å². The van der Waals surface area contributed by atoms with Gasteiger partial charge in [0.1, 0.15) is 0 Å². The van der Waals surface area contributed by atoms with Crippen molar-refractivity contribution < 1.29 is 8.78 Å². The first-order valence-electron chi connectivity index (χ1n) is 5.16. The Balaban J connectivity index is 2.34. The van der Waals surface area contributed by atoms with Crippen molar-refractivity contribution in [2.75, 3.05) is 5.73 Å². The third-order valence-electron chi connectivity index (χ3n) is 2.41. The lowest BCUT2D eigenvalue weighted by molar-refractivity contribution is 0.506. The van der Waals surface area contributed by atoms with Gasteiger partial charge in [0, 0.05) is 9.79 Å². The highest BCUT2D eigenvalue weighted by atomic mass is 35.5. The molecule has 0 aromatic heterocycles. The summed E-state index contributed by atoms with van der Waals surface area (Å²) in [6.45, 7) is 1.88. The SMILES string of the molecule is Cc1cc(N)c(Cl)cc1Sc1ccc(F)c(F)c1. The Hall–Kier alpha value is -1.26. The first-order chi connectivity index (χ1) is 8.47. The number of aryl methyl sites for hydroxylation is 1. The molecule has 0 heterocycles. The van der Waals surface area contributed by atoms with Crippen molar-refractivity contribution >= 4 is 29.1 Å². The Morgan fingerprint density at radius 1 is 1.11 bits per heavy atom. The summed E-state index contributed by atoms with van der Waals surface area (Å²) in [6.07, 6.45) is 0. The van der Waals surface area contributed by atoms with Crippen LogP contribution in [0.25, 0.3) is 0 Å². The zero-order chi connectivity index (χ0) is 13.3. The van der Waals surface area contributed by atoms with Gasteiger partial charge >= 0.3 is 0 Å². The van der Waals surface area contributed by atoms with E-state index >= 15 is 0 Å². The fourth-order valence-electron chi connectivity index (χ4n) is 1.46. The number of hydrogen-bond donors (Lipinski definition) is 1. The Morgan fingerprint density at radius 2 is 1.83 bits per heavy atom. The molecular weight excluding hydrogens is 276 g/mol. The van der Waals surface area contributed by atoms with Crippen molar-refractivity contribution in [1.29, 1.82) is 0 Å². The quantitative estimate of drug-likeness (QED) is 0.812. The molecule has 0 spiro atoms. The van der Waals surface area contributed by atoms with E-state index < -0.39 is 11.6 Å². The Morgan fingerprint density at radius 3 is 2.50 bits per heavy atom. The monoisotopic (exact) mass is 285 g/mol. The van der Waals surface area contributed by atoms with Gasteiger partial charge in [-0.2, -0.15) is 0 Å². The van der Waals surface area contributed by atoms with Crippen molar-refractivity contribution in [2.45, 2.75) is 16.7 Å². The van der Waals surface area contributed by atoms with Gasteiger partial charge in [-0.3, -0.25) is 0 Å². The minimum atomic E-state index is -0.862. The molecule has 2 aromatic carbocycles. The van der Waals surface area contributed by atoms with Gasteiger partial charge in [-0.1, -0.05) is 23.4 Å². The molecule has 0 unspecified atom stereocenters. The highest BCUT2D eigenvalue weighted by Gasteiger charge is 2.08. The summed E-state index contributed by atoms with van der Waals surface area (Å²) < 4.78 is 25.9. The van der Waals surface area contributed by atoms with E-state index in [1.807, 2.05) is 6.92 Å². The highest BCUT2D eigenvalue weighted by Crippen LogP contribution is 2.35. The van der Waals surface area contributed by atoms with Crippen molar-refractivity contribution in [2.24, 2.45) is 0 Å². The topological polar surface area (TPSA) is 26.0 Å². The molecule has 2 rings (SSSR count). The maximum absolute atomic E-state index is 13.1. The van der Waals surface area contributed by atoms with E-state index in [4.69, 9.17) is 17.3 Å². The van der Waals surface area contributed by atoms with Gasteiger partial charge in [0.2, 0.25) is 0 Å². The number of nitrogen functional groups attached to an aromatic ring is 1. The van der Waals surface area contributed by atoms with Crippen molar-refractivity contribution in [1.82, 2.24) is 0 Å². The number of anilines is 1. The molecule has 2 aromatic rings. The lowest BCUT2D eigenvalue weighted by atomic mass is 10.2. The largest absolute Gasteiger partial charge is 0.398 e. The van der Waals surface area contributed by atoms with E-state index in [0.717, 1.165) is 22.6 Å². The van der Waals surface area contributed by atoms with Crippen LogP contribution in [-0.4, -0.2) is 0 Å². The number of hydrogen-bond acceptors (Lipinski definition) is 2. The van der Waals surface area contributed by atoms with E-state index in [1.54, 1.807) is 12.1 Å². The number of nitrogens with two attached hydrogens (primary N) is 1. The van der Waals surface area contributed by atoms with E-state index in [1.165, 1.54) is 17.8 Å². The second-order valence-electron chi connectivity index (χ2n) is 3.82. The molecular formula is C13H10ClF2NS. The standard InChI is InChI=1S/C13H10ClF2NS/c1-7-4-12(17)9(14)6-13(7)18-8-2-3-10(15)11(16)5-8/h2-6H,17H2,1H3. The molecule has 2 N–H and O–H groups in total. The summed E-state index contributed by atoms with van der Waals surface area (Å²) in [6, 6.07) is 7.26. The Bertz CT molecular complexity index is 602. The van der Waals surface area contributed by atoms with Gasteiger partial charge in [0.25, 0.3) is 0 Å². The minimum absolute atomic E-state index is 0.450. The molecule has 0 atom stereocenters. The fourth-order valence-corrected chi connectivity index (χ4v) is 2.64. The average Bonchev–Trinajstić information content (AvgIpc) is 2.31. The van der Waals surface area contributed by atoms with E-state index in [2.05, 4.69) is 0 Å². The average molecular weight is 286 g/mol. The van der Waals surface area contributed by atoms with Crippen LogP contribution in [-0.2, 0) is 0 Å². The molecule has 5 heteroatoms. The third kappa shape index (κ3) is 2.76. The van der Waals surface area contributed by atoms with Crippen LogP contribution in [0.4, 0.5) is 14.5 Å². The van der Waals surface area contributed by atoms with E-state index in [0.29, 0.717) is 15.6 Å². The summed E-state index contributed by atoms with van der Waals surface area (Å²) in [5, 5.41) is 0.450. The van der Waals surface area contributed by atoms with Crippen LogP contribution >= 0.6 is 23.4 Å². The lowest BCUT2D eigenvalue weighted by Crippen LogP contribution is -1.90. The van der Waals surface area contributed by atoms with Crippen LogP contribution in [0.1, 0.15) is 5.56 Å². The highest BCUT2D eigenvalue weighted by molar-refractivity contribution is 7.99. The van der Waals surface area contributed by atoms with Crippen molar-refractivity contribution in [3.63, 3.8) is 0 Å². The summed E-state index contributed by atoms with van der Waals surface area (Å²) in [5.41, 5.74) is 7.12. The molecule has 0 bridgehead atoms. The Labute approximate surface area is 113 Å². The lowest BCUT2D eigenvalue weighted by Gasteiger charge is -2.08. The van der Waals surface area contributed by atoms with Crippen molar-refractivity contribution in [3.8, 4) is 0 Å². The molecule has 0 radical (unpaired) electrons. The summed E-state index contributed by atoms with van der Waals surface area (Å²) >= 11 is 7.25. The zero-order valence-electron chi connectivity index (χ0n) is 9.51. The molecule has 0 aliphatic rings. The molecule has 18 heavy (non-hydrogen) atoms. The van der Waals surface area contributed by atoms with Crippen LogP contribution in [0.15, 0.2) is 40.1 Å². The maximum Gasteiger partial charge on any atom is 0.159 e. The van der Waals surface area contributed by atoms with Gasteiger partial charge in [0.05, 0.1) is 10.7 Å². The van der Waals surface area contributed by atoms with Gasteiger partial charge in [-0.15, -0.1) is 0 Å². The van der Waals surface area contributed by atoms with Crippen LogP contribution in [0.5, 0.6) is 0 Å². The normalized spacial score (nSPS) is 10.7. The van der Waals surface area contributed by atoms with Crippen LogP contribution < -0.4 is 5.73 Å². The van der Waals surface area contributed by atoms with Gasteiger partial charge in [-0.25, -0.2) is 8.78 Å². The molecule has 94 valence electrons. The maximum atomic E-state index is 13.1. The fraction of sp³-hybridized carbons (Fsp3) is 0.0769. The van der Waals surface area contributed by atoms with Gasteiger partial charge in [0.15, 0.2) is 11.6 Å². The van der Waals surface area contributed by atoms with Gasteiger partial charge in [-0.05, 0) is 42.8 Å². The van der Waals surface area contributed by atoms with E-state index in [-0.39, 0.29) is 0 Å². The molecule has 0 fully saturated rings. The predicted octanol–water partition coefficient (Wildman–Crippen LogP) is 4.66. The minimum Gasteiger partial charge on any atom is -0.398 e. The van der Waals surface area contributed by atoms with Crippen LogP contribution in [0.2, 0.25) is 5.02 Å². The van der Waals surface area contributed by atoms with E-state index in [9.17, 15) is 8.78 Å².